The highest BCUT2D eigenvalue weighted by atomic mass is 35.5. The number of carbonyl (C=O) groups is 2. The van der Waals surface area contributed by atoms with Crippen LogP contribution in [0.4, 0.5) is 5.69 Å². The van der Waals surface area contributed by atoms with Crippen molar-refractivity contribution in [2.75, 3.05) is 5.32 Å². The van der Waals surface area contributed by atoms with Crippen molar-refractivity contribution in [3.8, 4) is 6.07 Å². The van der Waals surface area contributed by atoms with E-state index in [0.29, 0.717) is 22.5 Å². The number of nitriles is 1. The maximum absolute atomic E-state index is 12.2. The Morgan fingerprint density at radius 3 is 2.79 bits per heavy atom. The summed E-state index contributed by atoms with van der Waals surface area (Å²) in [5.41, 5.74) is 1.71. The van der Waals surface area contributed by atoms with Gasteiger partial charge in [-0.3, -0.25) is 14.4 Å². The van der Waals surface area contributed by atoms with Gasteiger partial charge in [0, 0.05) is 18.3 Å². The standard InChI is InChI=1S/C19H19ClN4O4/c1-10-13(11(2)23-19(27)14(10)9-21)6-7-16(25)28-12(3)18(26)24-15-5-4-8-22-17(15)20/h4-5,8,12H,6-7H2,1-3H3,(H,23,27)(H,24,26)/t12-/m1/s1. The highest BCUT2D eigenvalue weighted by Crippen LogP contribution is 2.18. The third-order valence-electron chi connectivity index (χ3n) is 4.19. The summed E-state index contributed by atoms with van der Waals surface area (Å²) >= 11 is 5.88. The van der Waals surface area contributed by atoms with E-state index in [-0.39, 0.29) is 23.6 Å². The van der Waals surface area contributed by atoms with Gasteiger partial charge in [-0.25, -0.2) is 4.98 Å². The summed E-state index contributed by atoms with van der Waals surface area (Å²) in [7, 11) is 0. The highest BCUT2D eigenvalue weighted by Gasteiger charge is 2.20. The van der Waals surface area contributed by atoms with Crippen LogP contribution in [-0.2, 0) is 20.7 Å². The van der Waals surface area contributed by atoms with E-state index in [1.807, 2.05) is 6.07 Å². The zero-order valence-corrected chi connectivity index (χ0v) is 16.4. The summed E-state index contributed by atoms with van der Waals surface area (Å²) in [5.74, 6) is -1.12. The SMILES string of the molecule is Cc1[nH]c(=O)c(C#N)c(C)c1CCC(=O)O[C@H](C)C(=O)Nc1cccnc1Cl. The summed E-state index contributed by atoms with van der Waals surface area (Å²) in [6, 6.07) is 5.06. The van der Waals surface area contributed by atoms with Crippen LogP contribution in [0.1, 0.15) is 35.7 Å². The quantitative estimate of drug-likeness (QED) is 0.564. The average Bonchev–Trinajstić information content (AvgIpc) is 2.63. The number of halogens is 1. The molecule has 2 N–H and O–H groups in total. The van der Waals surface area contributed by atoms with Gasteiger partial charge < -0.3 is 15.0 Å². The minimum absolute atomic E-state index is 0.0101. The van der Waals surface area contributed by atoms with Crippen molar-refractivity contribution in [2.24, 2.45) is 0 Å². The molecule has 2 heterocycles. The Morgan fingerprint density at radius 2 is 2.14 bits per heavy atom. The van der Waals surface area contributed by atoms with Gasteiger partial charge in [0.15, 0.2) is 11.3 Å². The number of hydrogen-bond donors (Lipinski definition) is 2. The number of aromatic amines is 1. The van der Waals surface area contributed by atoms with Crippen molar-refractivity contribution in [3.05, 3.63) is 56.2 Å². The molecule has 9 heteroatoms. The van der Waals surface area contributed by atoms with Crippen LogP contribution >= 0.6 is 11.6 Å². The molecule has 0 aromatic carbocycles. The number of nitrogens with one attached hydrogen (secondary N) is 2. The molecule has 1 amide bonds. The lowest BCUT2D eigenvalue weighted by atomic mass is 9.99. The molecule has 8 nitrogen and oxygen atoms in total. The van der Waals surface area contributed by atoms with Gasteiger partial charge >= 0.3 is 5.97 Å². The molecule has 0 spiro atoms. The minimum atomic E-state index is -1.03. The number of anilines is 1. The van der Waals surface area contributed by atoms with Crippen molar-refractivity contribution >= 4 is 29.2 Å². The van der Waals surface area contributed by atoms with Gasteiger partial charge in [-0.2, -0.15) is 5.26 Å². The summed E-state index contributed by atoms with van der Waals surface area (Å²) in [4.78, 5) is 42.5. The first-order chi connectivity index (χ1) is 13.2. The molecule has 0 aliphatic carbocycles. The second-order valence-corrected chi connectivity index (χ2v) is 6.49. The van der Waals surface area contributed by atoms with E-state index in [4.69, 9.17) is 21.6 Å². The number of hydrogen-bond acceptors (Lipinski definition) is 6. The summed E-state index contributed by atoms with van der Waals surface area (Å²) in [6.07, 6.45) is 0.713. The van der Waals surface area contributed by atoms with Crippen molar-refractivity contribution in [3.63, 3.8) is 0 Å². The lowest BCUT2D eigenvalue weighted by Gasteiger charge is -2.15. The third-order valence-corrected chi connectivity index (χ3v) is 4.49. The zero-order chi connectivity index (χ0) is 20.8. The van der Waals surface area contributed by atoms with Gasteiger partial charge in [-0.05, 0) is 50.5 Å². The summed E-state index contributed by atoms with van der Waals surface area (Å²) in [5, 5.41) is 11.8. The summed E-state index contributed by atoms with van der Waals surface area (Å²) < 4.78 is 5.15. The molecular weight excluding hydrogens is 384 g/mol. The van der Waals surface area contributed by atoms with E-state index in [1.165, 1.54) is 13.1 Å². The maximum Gasteiger partial charge on any atom is 0.306 e. The van der Waals surface area contributed by atoms with E-state index in [0.717, 1.165) is 0 Å². The maximum atomic E-state index is 12.2. The second kappa shape index (κ2) is 9.15. The molecule has 0 aliphatic heterocycles. The monoisotopic (exact) mass is 402 g/mol. The molecule has 0 saturated heterocycles. The lowest BCUT2D eigenvalue weighted by molar-refractivity contribution is -0.153. The summed E-state index contributed by atoms with van der Waals surface area (Å²) in [6.45, 7) is 4.81. The molecule has 28 heavy (non-hydrogen) atoms. The van der Waals surface area contributed by atoms with E-state index >= 15 is 0 Å². The number of carbonyl (C=O) groups excluding carboxylic acids is 2. The highest BCUT2D eigenvalue weighted by molar-refractivity contribution is 6.32. The first-order valence-electron chi connectivity index (χ1n) is 8.48. The molecule has 0 saturated carbocycles. The van der Waals surface area contributed by atoms with Crippen LogP contribution in [0.3, 0.4) is 0 Å². The molecule has 0 fully saturated rings. The number of pyridine rings is 2. The smallest absolute Gasteiger partial charge is 0.306 e. The number of rotatable bonds is 6. The van der Waals surface area contributed by atoms with Crippen LogP contribution in [0.5, 0.6) is 0 Å². The number of nitrogens with zero attached hydrogens (tertiary/aromatic N) is 2. The van der Waals surface area contributed by atoms with E-state index in [2.05, 4.69) is 15.3 Å². The van der Waals surface area contributed by atoms with E-state index < -0.39 is 23.5 Å². The van der Waals surface area contributed by atoms with Crippen molar-refractivity contribution in [1.29, 1.82) is 5.26 Å². The van der Waals surface area contributed by atoms with Crippen LogP contribution in [0, 0.1) is 25.2 Å². The Hall–Kier alpha value is -3.18. The fourth-order valence-electron chi connectivity index (χ4n) is 2.67. The fraction of sp³-hybridized carbons (Fsp3) is 0.316. The van der Waals surface area contributed by atoms with Gasteiger partial charge in [0.25, 0.3) is 11.5 Å². The minimum Gasteiger partial charge on any atom is -0.453 e. The van der Waals surface area contributed by atoms with Gasteiger partial charge in [0.2, 0.25) is 0 Å². The molecule has 2 aromatic rings. The topological polar surface area (TPSA) is 125 Å². The van der Waals surface area contributed by atoms with Crippen LogP contribution in [0.15, 0.2) is 23.1 Å². The van der Waals surface area contributed by atoms with Gasteiger partial charge in [0.05, 0.1) is 5.69 Å². The van der Waals surface area contributed by atoms with Crippen LogP contribution in [-0.4, -0.2) is 27.9 Å². The van der Waals surface area contributed by atoms with Crippen molar-refractivity contribution < 1.29 is 14.3 Å². The van der Waals surface area contributed by atoms with Crippen LogP contribution in [0.2, 0.25) is 5.15 Å². The number of aryl methyl sites for hydroxylation is 1. The first-order valence-corrected chi connectivity index (χ1v) is 8.85. The largest absolute Gasteiger partial charge is 0.453 e. The van der Waals surface area contributed by atoms with Crippen LogP contribution < -0.4 is 10.9 Å². The third kappa shape index (κ3) is 4.96. The average molecular weight is 403 g/mol. The lowest BCUT2D eigenvalue weighted by Crippen LogP contribution is -2.30. The molecule has 2 rings (SSSR count). The molecular formula is C19H19ClN4O4. The zero-order valence-electron chi connectivity index (χ0n) is 15.6. The fourth-order valence-corrected chi connectivity index (χ4v) is 2.84. The molecule has 1 atom stereocenters. The van der Waals surface area contributed by atoms with Gasteiger partial charge in [-0.1, -0.05) is 11.6 Å². The predicted octanol–water partition coefficient (Wildman–Crippen LogP) is 2.41. The van der Waals surface area contributed by atoms with E-state index in [1.54, 1.807) is 26.0 Å². The van der Waals surface area contributed by atoms with Crippen molar-refractivity contribution in [1.82, 2.24) is 9.97 Å². The first kappa shape index (κ1) is 21.1. The normalized spacial score (nSPS) is 11.4. The number of H-pyrrole nitrogens is 1. The van der Waals surface area contributed by atoms with Gasteiger partial charge in [0.1, 0.15) is 11.6 Å². The number of esters is 1. The molecule has 0 unspecified atom stereocenters. The number of aromatic nitrogens is 2. The molecule has 146 valence electrons. The molecule has 2 aromatic heterocycles. The predicted molar refractivity (Wildman–Crippen MR) is 103 cm³/mol. The Kier molecular flexibility index (Phi) is 6.90. The Labute approximate surface area is 166 Å². The molecule has 0 radical (unpaired) electrons. The van der Waals surface area contributed by atoms with Crippen molar-refractivity contribution in [2.45, 2.75) is 39.7 Å². The number of amides is 1. The Morgan fingerprint density at radius 1 is 1.43 bits per heavy atom. The van der Waals surface area contributed by atoms with Crippen LogP contribution in [0.25, 0.3) is 0 Å². The second-order valence-electron chi connectivity index (χ2n) is 6.13. The Bertz CT molecular complexity index is 1010. The number of ether oxygens (including phenoxy) is 1. The van der Waals surface area contributed by atoms with Gasteiger partial charge in [-0.15, -0.1) is 0 Å². The molecule has 0 aliphatic rings. The van der Waals surface area contributed by atoms with E-state index in [9.17, 15) is 14.4 Å². The Balaban J connectivity index is 1.98. The molecule has 0 bridgehead atoms.